The number of nitrogens with one attached hydrogen (secondary N) is 1. The molecule has 7 heteroatoms. The second-order valence-corrected chi connectivity index (χ2v) is 8.97. The van der Waals surface area contributed by atoms with Crippen molar-refractivity contribution in [2.75, 3.05) is 18.4 Å². The quantitative estimate of drug-likeness (QED) is 0.626. The third kappa shape index (κ3) is 4.36. The average molecular weight is 415 g/mol. The van der Waals surface area contributed by atoms with Gasteiger partial charge in [-0.2, -0.15) is 4.31 Å². The van der Waals surface area contributed by atoms with Crippen molar-refractivity contribution in [2.45, 2.75) is 39.0 Å². The number of amides is 1. The highest BCUT2D eigenvalue weighted by Gasteiger charge is 2.21. The zero-order valence-corrected chi connectivity index (χ0v) is 18.0. The number of sulfonamides is 1. The van der Waals surface area contributed by atoms with Gasteiger partial charge in [-0.3, -0.25) is 4.79 Å². The van der Waals surface area contributed by atoms with Crippen molar-refractivity contribution >= 4 is 32.6 Å². The maximum Gasteiger partial charge on any atom is 0.243 e. The molecule has 1 N–H and O–H groups in total. The lowest BCUT2D eigenvalue weighted by atomic mass is 10.0. The summed E-state index contributed by atoms with van der Waals surface area (Å²) in [4.78, 5) is 12.7. The second-order valence-electron chi connectivity index (χ2n) is 7.03. The lowest BCUT2D eigenvalue weighted by Crippen LogP contribution is -2.30. The molecule has 1 heterocycles. The van der Waals surface area contributed by atoms with Gasteiger partial charge >= 0.3 is 0 Å². The van der Waals surface area contributed by atoms with Gasteiger partial charge in [0, 0.05) is 29.7 Å². The number of aryl methyl sites for hydroxylation is 2. The van der Waals surface area contributed by atoms with Crippen molar-refractivity contribution in [1.29, 1.82) is 0 Å². The Labute approximate surface area is 171 Å². The lowest BCUT2D eigenvalue weighted by Gasteiger charge is -2.18. The van der Waals surface area contributed by atoms with Crippen molar-refractivity contribution in [1.82, 2.24) is 4.31 Å². The largest absolute Gasteiger partial charge is 0.464 e. The summed E-state index contributed by atoms with van der Waals surface area (Å²) >= 11 is 0. The monoisotopic (exact) mass is 414 g/mol. The summed E-state index contributed by atoms with van der Waals surface area (Å²) in [6, 6.07) is 10.3. The first-order chi connectivity index (χ1) is 13.8. The van der Waals surface area contributed by atoms with Gasteiger partial charge in [-0.15, -0.1) is 0 Å². The van der Waals surface area contributed by atoms with Gasteiger partial charge in [-0.25, -0.2) is 8.42 Å². The van der Waals surface area contributed by atoms with E-state index in [1.54, 1.807) is 32.2 Å². The summed E-state index contributed by atoms with van der Waals surface area (Å²) in [6.07, 6.45) is 1.79. The first kappa shape index (κ1) is 21.1. The first-order valence-corrected chi connectivity index (χ1v) is 11.1. The van der Waals surface area contributed by atoms with Crippen LogP contribution in [0, 0.1) is 13.8 Å². The third-order valence-electron chi connectivity index (χ3n) is 5.10. The molecule has 1 amide bonds. The van der Waals surface area contributed by atoms with Crippen LogP contribution in [0.4, 0.5) is 5.69 Å². The maximum atomic E-state index is 12.5. The van der Waals surface area contributed by atoms with Gasteiger partial charge in [0.1, 0.15) is 5.58 Å². The van der Waals surface area contributed by atoms with E-state index < -0.39 is 10.0 Å². The van der Waals surface area contributed by atoms with E-state index in [-0.39, 0.29) is 17.2 Å². The van der Waals surface area contributed by atoms with Crippen LogP contribution < -0.4 is 5.32 Å². The molecule has 0 atom stereocenters. The molecule has 0 aliphatic heterocycles. The number of hydrogen-bond acceptors (Lipinski definition) is 4. The number of nitrogens with zero attached hydrogens (tertiary/aromatic N) is 1. The predicted octanol–water partition coefficient (Wildman–Crippen LogP) is 4.26. The highest BCUT2D eigenvalue weighted by Crippen LogP contribution is 2.25. The Balaban J connectivity index is 1.73. The summed E-state index contributed by atoms with van der Waals surface area (Å²) in [7, 11) is -3.51. The average Bonchev–Trinajstić information content (AvgIpc) is 3.04. The predicted molar refractivity (Wildman–Crippen MR) is 115 cm³/mol. The molecule has 3 aromatic rings. The molecule has 0 saturated carbocycles. The molecular formula is C22H26N2O4S. The van der Waals surface area contributed by atoms with E-state index in [1.807, 2.05) is 26.0 Å². The first-order valence-electron chi connectivity index (χ1n) is 9.63. The molecular weight excluding hydrogens is 388 g/mol. The summed E-state index contributed by atoms with van der Waals surface area (Å²) < 4.78 is 32.1. The minimum absolute atomic E-state index is 0.176. The number of anilines is 1. The molecule has 29 heavy (non-hydrogen) atoms. The molecule has 0 aliphatic rings. The van der Waals surface area contributed by atoms with E-state index in [0.717, 1.165) is 27.7 Å². The summed E-state index contributed by atoms with van der Waals surface area (Å²) in [6.45, 7) is 8.48. The van der Waals surface area contributed by atoms with E-state index in [0.29, 0.717) is 18.8 Å². The normalized spacial score (nSPS) is 11.9. The molecule has 0 radical (unpaired) electrons. The van der Waals surface area contributed by atoms with Gasteiger partial charge in [0.05, 0.1) is 17.6 Å². The van der Waals surface area contributed by atoms with Crippen LogP contribution in [0.1, 0.15) is 30.5 Å². The minimum atomic E-state index is -3.51. The Hall–Kier alpha value is -2.64. The molecule has 154 valence electrons. The molecule has 2 aromatic carbocycles. The van der Waals surface area contributed by atoms with Crippen LogP contribution in [0.15, 0.2) is 52.0 Å². The fourth-order valence-electron chi connectivity index (χ4n) is 3.27. The van der Waals surface area contributed by atoms with E-state index in [1.165, 1.54) is 16.4 Å². The Morgan fingerprint density at radius 3 is 2.28 bits per heavy atom. The van der Waals surface area contributed by atoms with Crippen LogP contribution in [0.5, 0.6) is 0 Å². The standard InChI is InChI=1S/C22H26N2O4S/c1-5-24(6-2)29(26,27)19-9-7-18(8-10-19)23-22(25)13-17-14-28-21-12-16(4)15(3)11-20(17)21/h7-12,14H,5-6,13H2,1-4H3,(H,23,25). The van der Waals surface area contributed by atoms with Crippen LogP contribution >= 0.6 is 0 Å². The fourth-order valence-corrected chi connectivity index (χ4v) is 4.73. The van der Waals surface area contributed by atoms with Crippen LogP contribution in [-0.2, 0) is 21.2 Å². The van der Waals surface area contributed by atoms with Crippen molar-refractivity contribution in [2.24, 2.45) is 0 Å². The number of carbonyl (C=O) groups is 1. The molecule has 0 unspecified atom stereocenters. The van der Waals surface area contributed by atoms with Crippen molar-refractivity contribution in [3.8, 4) is 0 Å². The number of rotatable bonds is 7. The van der Waals surface area contributed by atoms with E-state index in [4.69, 9.17) is 4.42 Å². The molecule has 0 bridgehead atoms. The Morgan fingerprint density at radius 1 is 1.03 bits per heavy atom. The zero-order chi connectivity index (χ0) is 21.2. The molecule has 0 aliphatic carbocycles. The molecule has 0 fully saturated rings. The zero-order valence-electron chi connectivity index (χ0n) is 17.2. The highest BCUT2D eigenvalue weighted by atomic mass is 32.2. The van der Waals surface area contributed by atoms with Crippen LogP contribution in [0.25, 0.3) is 11.0 Å². The van der Waals surface area contributed by atoms with Gasteiger partial charge < -0.3 is 9.73 Å². The summed E-state index contributed by atoms with van der Waals surface area (Å²) in [5, 5.41) is 3.75. The van der Waals surface area contributed by atoms with Gasteiger partial charge in [0.2, 0.25) is 15.9 Å². The molecule has 0 spiro atoms. The van der Waals surface area contributed by atoms with E-state index in [2.05, 4.69) is 5.32 Å². The smallest absolute Gasteiger partial charge is 0.243 e. The van der Waals surface area contributed by atoms with Gasteiger partial charge in [0.15, 0.2) is 0 Å². The van der Waals surface area contributed by atoms with Crippen molar-refractivity contribution in [3.63, 3.8) is 0 Å². The summed E-state index contributed by atoms with van der Waals surface area (Å²) in [5.41, 5.74) is 4.42. The van der Waals surface area contributed by atoms with Gasteiger partial charge in [0.25, 0.3) is 0 Å². The van der Waals surface area contributed by atoms with Crippen molar-refractivity contribution in [3.05, 3.63) is 59.4 Å². The second kappa shape index (κ2) is 8.39. The van der Waals surface area contributed by atoms with Gasteiger partial charge in [-0.05, 0) is 61.4 Å². The molecule has 0 saturated heterocycles. The third-order valence-corrected chi connectivity index (χ3v) is 7.17. The molecule has 6 nitrogen and oxygen atoms in total. The number of carbonyl (C=O) groups excluding carboxylic acids is 1. The number of fused-ring (bicyclic) bond motifs is 1. The molecule has 3 rings (SSSR count). The van der Waals surface area contributed by atoms with Gasteiger partial charge in [-0.1, -0.05) is 13.8 Å². The highest BCUT2D eigenvalue weighted by molar-refractivity contribution is 7.89. The number of benzene rings is 2. The number of hydrogen-bond donors (Lipinski definition) is 1. The van der Waals surface area contributed by atoms with E-state index >= 15 is 0 Å². The van der Waals surface area contributed by atoms with Crippen LogP contribution in [0.2, 0.25) is 0 Å². The number of furan rings is 1. The van der Waals surface area contributed by atoms with E-state index in [9.17, 15) is 13.2 Å². The van der Waals surface area contributed by atoms with Crippen LogP contribution in [-0.4, -0.2) is 31.7 Å². The summed E-state index contributed by atoms with van der Waals surface area (Å²) in [5.74, 6) is -0.190. The lowest BCUT2D eigenvalue weighted by molar-refractivity contribution is -0.115. The molecule has 1 aromatic heterocycles. The maximum absolute atomic E-state index is 12.5. The van der Waals surface area contributed by atoms with Crippen LogP contribution in [0.3, 0.4) is 0 Å². The Bertz CT molecular complexity index is 1130. The van der Waals surface area contributed by atoms with Crippen molar-refractivity contribution < 1.29 is 17.6 Å². The fraction of sp³-hybridized carbons (Fsp3) is 0.318. The topological polar surface area (TPSA) is 79.6 Å². The Morgan fingerprint density at radius 2 is 1.66 bits per heavy atom. The Kier molecular flexibility index (Phi) is 6.10. The SMILES string of the molecule is CCN(CC)S(=O)(=O)c1ccc(NC(=O)Cc2coc3cc(C)c(C)cc23)cc1. The minimum Gasteiger partial charge on any atom is -0.464 e.